The molecule has 0 aliphatic rings. The summed E-state index contributed by atoms with van der Waals surface area (Å²) in [7, 11) is -3.74. The summed E-state index contributed by atoms with van der Waals surface area (Å²) in [5, 5.41) is 0.506. The van der Waals surface area contributed by atoms with Crippen molar-refractivity contribution in [3.8, 4) is 0 Å². The first-order chi connectivity index (χ1) is 9.95. The lowest BCUT2D eigenvalue weighted by Crippen LogP contribution is -2.12. The van der Waals surface area contributed by atoms with Crippen molar-refractivity contribution in [2.24, 2.45) is 0 Å². The van der Waals surface area contributed by atoms with Crippen molar-refractivity contribution in [1.82, 2.24) is 4.98 Å². The molecule has 5 nitrogen and oxygen atoms in total. The molecule has 0 radical (unpaired) electrons. The number of nitrogens with zero attached hydrogens (tertiary/aromatic N) is 1. The Morgan fingerprint density at radius 3 is 2.67 bits per heavy atom. The second-order valence-corrected chi connectivity index (χ2v) is 7.40. The van der Waals surface area contributed by atoms with Crippen LogP contribution in [0.2, 0.25) is 5.02 Å². The number of anilines is 2. The third-order valence-electron chi connectivity index (χ3n) is 2.80. The highest BCUT2D eigenvalue weighted by Gasteiger charge is 2.17. The van der Waals surface area contributed by atoms with E-state index in [0.29, 0.717) is 10.8 Å². The predicted molar refractivity (Wildman–Crippen MR) is 86.3 cm³/mol. The Labute approximate surface area is 130 Å². The summed E-state index contributed by atoms with van der Waals surface area (Å²) in [5.74, 6) is 0. The van der Waals surface area contributed by atoms with Crippen LogP contribution >= 0.6 is 22.9 Å². The molecule has 0 saturated carbocycles. The minimum absolute atomic E-state index is 0.0426. The van der Waals surface area contributed by atoms with Crippen molar-refractivity contribution in [2.45, 2.75) is 4.90 Å². The van der Waals surface area contributed by atoms with E-state index >= 15 is 0 Å². The Balaban J connectivity index is 1.96. The molecule has 21 heavy (non-hydrogen) atoms. The Hall–Kier alpha value is -1.83. The van der Waals surface area contributed by atoms with Crippen LogP contribution in [0.25, 0.3) is 10.2 Å². The highest BCUT2D eigenvalue weighted by molar-refractivity contribution is 7.93. The van der Waals surface area contributed by atoms with E-state index in [1.54, 1.807) is 0 Å². The van der Waals surface area contributed by atoms with E-state index in [9.17, 15) is 8.42 Å². The number of nitrogens with two attached hydrogens (primary N) is 1. The molecule has 0 unspecified atom stereocenters. The molecule has 3 N–H and O–H groups in total. The third-order valence-corrected chi connectivity index (χ3v) is 5.54. The Bertz CT molecular complexity index is 889. The number of benzene rings is 2. The van der Waals surface area contributed by atoms with Gasteiger partial charge in [-0.25, -0.2) is 13.4 Å². The molecule has 0 amide bonds. The number of fused-ring (bicyclic) bond motifs is 1. The molecule has 0 aliphatic carbocycles. The zero-order valence-electron chi connectivity index (χ0n) is 10.6. The fourth-order valence-corrected chi connectivity index (χ4v) is 4.14. The molecule has 0 bridgehead atoms. The van der Waals surface area contributed by atoms with Gasteiger partial charge < -0.3 is 5.73 Å². The van der Waals surface area contributed by atoms with Gasteiger partial charge in [-0.3, -0.25) is 4.72 Å². The summed E-state index contributed by atoms with van der Waals surface area (Å²) >= 11 is 7.12. The normalized spacial score (nSPS) is 11.7. The molecule has 1 aromatic heterocycles. The fourth-order valence-electron chi connectivity index (χ4n) is 1.76. The molecule has 3 aromatic rings. The first-order valence-electron chi connectivity index (χ1n) is 5.89. The summed E-state index contributed by atoms with van der Waals surface area (Å²) in [6.45, 7) is 0. The molecule has 2 aromatic carbocycles. The average Bonchev–Trinajstić information content (AvgIpc) is 2.82. The molecule has 0 fully saturated rings. The third kappa shape index (κ3) is 2.80. The Morgan fingerprint density at radius 2 is 1.95 bits per heavy atom. The number of nitrogen functional groups attached to an aromatic ring is 1. The van der Waals surface area contributed by atoms with Gasteiger partial charge >= 0.3 is 0 Å². The smallest absolute Gasteiger partial charge is 0.263 e. The van der Waals surface area contributed by atoms with Gasteiger partial charge in [0.1, 0.15) is 0 Å². The molecule has 0 aliphatic heterocycles. The summed E-state index contributed by atoms with van der Waals surface area (Å²) in [6.07, 6.45) is 0. The van der Waals surface area contributed by atoms with Gasteiger partial charge in [0.15, 0.2) is 5.13 Å². The van der Waals surface area contributed by atoms with Gasteiger partial charge in [0.25, 0.3) is 10.0 Å². The highest BCUT2D eigenvalue weighted by Crippen LogP contribution is 2.28. The standard InChI is InChI=1S/C13H10ClN3O2S2/c14-9-7-8(5-6-10(9)15)21(18,19)17-13-16-11-3-1-2-4-12(11)20-13/h1-7H,15H2,(H,16,17). The van der Waals surface area contributed by atoms with E-state index in [2.05, 4.69) is 9.71 Å². The predicted octanol–water partition coefficient (Wildman–Crippen LogP) is 3.33. The van der Waals surface area contributed by atoms with Crippen LogP contribution in [0.3, 0.4) is 0 Å². The molecule has 0 atom stereocenters. The van der Waals surface area contributed by atoms with Crippen molar-refractivity contribution in [3.05, 3.63) is 47.5 Å². The van der Waals surface area contributed by atoms with Crippen molar-refractivity contribution in [2.75, 3.05) is 10.5 Å². The molecule has 108 valence electrons. The molecule has 0 spiro atoms. The first kappa shape index (κ1) is 14.1. The minimum Gasteiger partial charge on any atom is -0.398 e. The van der Waals surface area contributed by atoms with Crippen LogP contribution in [0, 0.1) is 0 Å². The van der Waals surface area contributed by atoms with Crippen molar-refractivity contribution in [3.63, 3.8) is 0 Å². The summed E-state index contributed by atoms with van der Waals surface area (Å²) in [5.41, 5.74) is 6.65. The topological polar surface area (TPSA) is 85.1 Å². The number of hydrogen-bond acceptors (Lipinski definition) is 5. The van der Waals surface area contributed by atoms with E-state index in [1.807, 2.05) is 24.3 Å². The van der Waals surface area contributed by atoms with Gasteiger partial charge in [0.05, 0.1) is 25.8 Å². The van der Waals surface area contributed by atoms with Gasteiger partial charge in [-0.1, -0.05) is 35.1 Å². The quantitative estimate of drug-likeness (QED) is 0.717. The molecular weight excluding hydrogens is 330 g/mol. The monoisotopic (exact) mass is 339 g/mol. The lowest BCUT2D eigenvalue weighted by molar-refractivity contribution is 0.601. The lowest BCUT2D eigenvalue weighted by atomic mass is 10.3. The van der Waals surface area contributed by atoms with Crippen LogP contribution in [0.15, 0.2) is 47.4 Å². The minimum atomic E-state index is -3.74. The number of nitrogens with one attached hydrogen (secondary N) is 1. The van der Waals surface area contributed by atoms with E-state index < -0.39 is 10.0 Å². The number of thiazole rings is 1. The van der Waals surface area contributed by atoms with Gasteiger partial charge in [-0.05, 0) is 30.3 Å². The van der Waals surface area contributed by atoms with E-state index in [1.165, 1.54) is 29.5 Å². The van der Waals surface area contributed by atoms with Crippen molar-refractivity contribution >= 4 is 54.0 Å². The van der Waals surface area contributed by atoms with Gasteiger partial charge in [-0.2, -0.15) is 0 Å². The van der Waals surface area contributed by atoms with Gasteiger partial charge in [-0.15, -0.1) is 0 Å². The van der Waals surface area contributed by atoms with Crippen molar-refractivity contribution < 1.29 is 8.42 Å². The Kier molecular flexibility index (Phi) is 3.48. The number of aromatic nitrogens is 1. The fraction of sp³-hybridized carbons (Fsp3) is 0. The molecule has 0 saturated heterocycles. The van der Waals surface area contributed by atoms with Crippen LogP contribution < -0.4 is 10.5 Å². The van der Waals surface area contributed by atoms with Crippen LogP contribution in [-0.2, 0) is 10.0 Å². The maximum absolute atomic E-state index is 12.3. The summed E-state index contributed by atoms with van der Waals surface area (Å²) in [4.78, 5) is 4.28. The van der Waals surface area contributed by atoms with E-state index in [0.717, 1.165) is 10.2 Å². The Morgan fingerprint density at radius 1 is 1.19 bits per heavy atom. The number of para-hydroxylation sites is 1. The number of hydrogen-bond donors (Lipinski definition) is 2. The second kappa shape index (κ2) is 5.18. The molecular formula is C13H10ClN3O2S2. The van der Waals surface area contributed by atoms with Crippen LogP contribution in [0.5, 0.6) is 0 Å². The second-order valence-electron chi connectivity index (χ2n) is 4.28. The zero-order valence-corrected chi connectivity index (χ0v) is 13.0. The molecule has 8 heteroatoms. The largest absolute Gasteiger partial charge is 0.398 e. The molecule has 1 heterocycles. The SMILES string of the molecule is Nc1ccc(S(=O)(=O)Nc2nc3ccccc3s2)cc1Cl. The number of sulfonamides is 1. The van der Waals surface area contributed by atoms with Gasteiger partial charge in [0, 0.05) is 0 Å². The first-order valence-corrected chi connectivity index (χ1v) is 8.57. The summed E-state index contributed by atoms with van der Waals surface area (Å²) in [6, 6.07) is 11.6. The van der Waals surface area contributed by atoms with E-state index in [4.69, 9.17) is 17.3 Å². The highest BCUT2D eigenvalue weighted by atomic mass is 35.5. The maximum atomic E-state index is 12.3. The summed E-state index contributed by atoms with van der Waals surface area (Å²) < 4.78 is 28.0. The number of rotatable bonds is 3. The number of halogens is 1. The van der Waals surface area contributed by atoms with E-state index in [-0.39, 0.29) is 9.92 Å². The van der Waals surface area contributed by atoms with Crippen LogP contribution in [-0.4, -0.2) is 13.4 Å². The van der Waals surface area contributed by atoms with Crippen LogP contribution in [0.4, 0.5) is 10.8 Å². The van der Waals surface area contributed by atoms with Gasteiger partial charge in [0.2, 0.25) is 0 Å². The molecule has 3 rings (SSSR count). The maximum Gasteiger partial charge on any atom is 0.263 e. The zero-order chi connectivity index (χ0) is 15.0. The average molecular weight is 340 g/mol. The van der Waals surface area contributed by atoms with Crippen molar-refractivity contribution in [1.29, 1.82) is 0 Å². The van der Waals surface area contributed by atoms with Crippen LogP contribution in [0.1, 0.15) is 0 Å². The lowest BCUT2D eigenvalue weighted by Gasteiger charge is -2.06.